The highest BCUT2D eigenvalue weighted by molar-refractivity contribution is 7.13. The maximum absolute atomic E-state index is 12.7. The molecule has 1 aliphatic heterocycles. The molecule has 1 aliphatic rings. The van der Waals surface area contributed by atoms with Gasteiger partial charge in [-0.2, -0.15) is 0 Å². The number of piperazine rings is 1. The highest BCUT2D eigenvalue weighted by atomic mass is 32.1. The number of nitrogens with one attached hydrogen (secondary N) is 1. The number of aromatic nitrogens is 3. The minimum absolute atomic E-state index is 0.124. The van der Waals surface area contributed by atoms with Gasteiger partial charge in [0.05, 0.1) is 12.1 Å². The van der Waals surface area contributed by atoms with Crippen molar-refractivity contribution >= 4 is 34.0 Å². The normalized spacial score (nSPS) is 14.1. The first-order valence-corrected chi connectivity index (χ1v) is 11.0. The van der Waals surface area contributed by atoms with E-state index in [0.29, 0.717) is 17.5 Å². The molecule has 1 N–H and O–H groups in total. The Bertz CT molecular complexity index is 1020. The predicted molar refractivity (Wildman–Crippen MR) is 121 cm³/mol. The second-order valence-corrected chi connectivity index (χ2v) is 8.49. The summed E-state index contributed by atoms with van der Waals surface area (Å²) in [5.41, 5.74) is 5.07. The maximum Gasteiger partial charge on any atom is 0.229 e. The van der Waals surface area contributed by atoms with Crippen molar-refractivity contribution in [2.24, 2.45) is 0 Å². The number of anilines is 3. The third kappa shape index (κ3) is 4.94. The van der Waals surface area contributed by atoms with Crippen LogP contribution in [-0.4, -0.2) is 51.9 Å². The lowest BCUT2D eigenvalue weighted by molar-refractivity contribution is -0.130. The zero-order valence-corrected chi connectivity index (χ0v) is 18.4. The van der Waals surface area contributed by atoms with E-state index >= 15 is 0 Å². The Morgan fingerprint density at radius 1 is 1.03 bits per heavy atom. The fourth-order valence-corrected chi connectivity index (χ4v) is 4.33. The van der Waals surface area contributed by atoms with E-state index in [1.54, 1.807) is 0 Å². The third-order valence-electron chi connectivity index (χ3n) is 5.08. The average molecular weight is 423 g/mol. The first-order valence-electron chi connectivity index (χ1n) is 10.1. The van der Waals surface area contributed by atoms with Crippen LogP contribution in [0.4, 0.5) is 16.8 Å². The Morgan fingerprint density at radius 3 is 2.47 bits per heavy atom. The molecule has 2 aromatic heterocycles. The van der Waals surface area contributed by atoms with Crippen LogP contribution in [0.1, 0.15) is 22.6 Å². The van der Waals surface area contributed by atoms with Crippen molar-refractivity contribution in [3.8, 4) is 0 Å². The fourth-order valence-electron chi connectivity index (χ4n) is 3.63. The molecule has 0 spiro atoms. The van der Waals surface area contributed by atoms with Gasteiger partial charge in [0.2, 0.25) is 11.9 Å². The van der Waals surface area contributed by atoms with E-state index < -0.39 is 0 Å². The molecule has 0 atom stereocenters. The van der Waals surface area contributed by atoms with Gasteiger partial charge in [-0.05, 0) is 44.5 Å². The fraction of sp³-hybridized carbons (Fsp3) is 0.364. The van der Waals surface area contributed by atoms with Crippen LogP contribution in [0.5, 0.6) is 0 Å². The molecule has 30 heavy (non-hydrogen) atoms. The van der Waals surface area contributed by atoms with E-state index in [1.165, 1.54) is 22.6 Å². The zero-order valence-electron chi connectivity index (χ0n) is 17.6. The summed E-state index contributed by atoms with van der Waals surface area (Å²) in [6, 6.07) is 10.4. The highest BCUT2D eigenvalue weighted by Gasteiger charge is 2.22. The number of aryl methyl sites for hydroxylation is 3. The summed E-state index contributed by atoms with van der Waals surface area (Å²) in [7, 11) is 0. The number of amides is 1. The second-order valence-electron chi connectivity index (χ2n) is 7.63. The van der Waals surface area contributed by atoms with Gasteiger partial charge in [-0.25, -0.2) is 15.0 Å². The van der Waals surface area contributed by atoms with Gasteiger partial charge in [-0.15, -0.1) is 11.3 Å². The van der Waals surface area contributed by atoms with Crippen molar-refractivity contribution in [3.63, 3.8) is 0 Å². The molecule has 1 fully saturated rings. The Balaban J connectivity index is 1.31. The van der Waals surface area contributed by atoms with Crippen LogP contribution in [0.25, 0.3) is 0 Å². The van der Waals surface area contributed by atoms with Crippen molar-refractivity contribution in [2.75, 3.05) is 36.4 Å². The monoisotopic (exact) mass is 422 g/mol. The number of hydrogen-bond donors (Lipinski definition) is 1. The Labute approximate surface area is 180 Å². The van der Waals surface area contributed by atoms with Crippen LogP contribution >= 0.6 is 11.3 Å². The van der Waals surface area contributed by atoms with Crippen LogP contribution in [0.2, 0.25) is 0 Å². The molecule has 0 radical (unpaired) electrons. The standard InChI is InChI=1S/C22H26N6OS/c1-15-5-4-6-19(11-15)27-7-9-28(10-8-27)20(29)13-18-14-30-22(25-18)26-21-23-16(2)12-17(3)24-21/h4-6,11-12,14H,7-10,13H2,1-3H3,(H,23,24,25,26). The molecule has 156 valence electrons. The first-order chi connectivity index (χ1) is 14.5. The number of thiazole rings is 1. The minimum Gasteiger partial charge on any atom is -0.368 e. The highest BCUT2D eigenvalue weighted by Crippen LogP contribution is 2.21. The van der Waals surface area contributed by atoms with E-state index in [9.17, 15) is 4.79 Å². The van der Waals surface area contributed by atoms with Crippen molar-refractivity contribution < 1.29 is 4.79 Å². The minimum atomic E-state index is 0.124. The molecule has 1 saturated heterocycles. The Hall–Kier alpha value is -3.00. The van der Waals surface area contributed by atoms with E-state index in [1.807, 2.05) is 30.2 Å². The molecule has 3 aromatic rings. The molecule has 1 amide bonds. The zero-order chi connectivity index (χ0) is 21.1. The molecular formula is C22H26N6OS. The Morgan fingerprint density at radius 2 is 1.77 bits per heavy atom. The van der Waals surface area contributed by atoms with Gasteiger partial charge in [0.15, 0.2) is 5.13 Å². The van der Waals surface area contributed by atoms with Crippen LogP contribution in [0, 0.1) is 20.8 Å². The van der Waals surface area contributed by atoms with Gasteiger partial charge in [0.25, 0.3) is 0 Å². The van der Waals surface area contributed by atoms with Gasteiger partial charge in [0, 0.05) is 48.6 Å². The van der Waals surface area contributed by atoms with Crippen LogP contribution in [0.3, 0.4) is 0 Å². The van der Waals surface area contributed by atoms with Gasteiger partial charge >= 0.3 is 0 Å². The van der Waals surface area contributed by atoms with E-state index in [0.717, 1.165) is 43.3 Å². The number of rotatable bonds is 5. The molecule has 0 bridgehead atoms. The van der Waals surface area contributed by atoms with Crippen molar-refractivity contribution in [2.45, 2.75) is 27.2 Å². The smallest absolute Gasteiger partial charge is 0.229 e. The first kappa shape index (κ1) is 20.3. The quantitative estimate of drug-likeness (QED) is 0.678. The molecule has 0 aliphatic carbocycles. The van der Waals surface area contributed by atoms with Gasteiger partial charge in [-0.3, -0.25) is 4.79 Å². The van der Waals surface area contributed by atoms with Crippen LogP contribution < -0.4 is 10.2 Å². The predicted octanol–water partition coefficient (Wildman–Crippen LogP) is 3.49. The Kier molecular flexibility index (Phi) is 5.94. The molecule has 7 nitrogen and oxygen atoms in total. The SMILES string of the molecule is Cc1cccc(N2CCN(C(=O)Cc3csc(Nc4nc(C)cc(C)n4)n3)CC2)c1. The molecule has 8 heteroatoms. The molecule has 1 aromatic carbocycles. The van der Waals surface area contributed by atoms with E-state index in [4.69, 9.17) is 0 Å². The molecule has 3 heterocycles. The third-order valence-corrected chi connectivity index (χ3v) is 5.89. The molecule has 0 unspecified atom stereocenters. The summed E-state index contributed by atoms with van der Waals surface area (Å²) in [5, 5.41) is 5.76. The maximum atomic E-state index is 12.7. The summed E-state index contributed by atoms with van der Waals surface area (Å²) >= 11 is 1.46. The van der Waals surface area contributed by atoms with Crippen molar-refractivity contribution in [3.05, 3.63) is 58.4 Å². The lowest BCUT2D eigenvalue weighted by atomic mass is 10.2. The number of hydrogen-bond acceptors (Lipinski definition) is 7. The summed E-state index contributed by atoms with van der Waals surface area (Å²) < 4.78 is 0. The van der Waals surface area contributed by atoms with Crippen LogP contribution in [0.15, 0.2) is 35.7 Å². The number of nitrogens with zero attached hydrogens (tertiary/aromatic N) is 5. The summed E-state index contributed by atoms with van der Waals surface area (Å²) in [4.78, 5) is 30.3. The van der Waals surface area contributed by atoms with Gasteiger partial charge < -0.3 is 15.1 Å². The largest absolute Gasteiger partial charge is 0.368 e. The van der Waals surface area contributed by atoms with Crippen molar-refractivity contribution in [1.29, 1.82) is 0 Å². The number of benzene rings is 1. The lowest BCUT2D eigenvalue weighted by Crippen LogP contribution is -2.49. The van der Waals surface area contributed by atoms with E-state index in [-0.39, 0.29) is 5.91 Å². The van der Waals surface area contributed by atoms with Gasteiger partial charge in [-0.1, -0.05) is 12.1 Å². The summed E-state index contributed by atoms with van der Waals surface area (Å²) in [6.45, 7) is 9.14. The summed E-state index contributed by atoms with van der Waals surface area (Å²) in [6.07, 6.45) is 0.316. The lowest BCUT2D eigenvalue weighted by Gasteiger charge is -2.36. The number of carbonyl (C=O) groups excluding carboxylic acids is 1. The van der Waals surface area contributed by atoms with E-state index in [2.05, 4.69) is 56.4 Å². The number of carbonyl (C=O) groups is 1. The molecular weight excluding hydrogens is 396 g/mol. The topological polar surface area (TPSA) is 74.2 Å². The summed E-state index contributed by atoms with van der Waals surface area (Å²) in [5.74, 6) is 0.658. The van der Waals surface area contributed by atoms with Crippen LogP contribution in [-0.2, 0) is 11.2 Å². The molecule has 4 rings (SSSR count). The second kappa shape index (κ2) is 8.79. The van der Waals surface area contributed by atoms with Gasteiger partial charge in [0.1, 0.15) is 0 Å². The van der Waals surface area contributed by atoms with Crippen molar-refractivity contribution in [1.82, 2.24) is 19.9 Å². The average Bonchev–Trinajstić information content (AvgIpc) is 3.14. The molecule has 0 saturated carbocycles.